The van der Waals surface area contributed by atoms with Gasteiger partial charge in [-0.3, -0.25) is 4.79 Å². The smallest absolute Gasteiger partial charge is 0.416 e. The van der Waals surface area contributed by atoms with E-state index in [1.54, 1.807) is 6.07 Å². The monoisotopic (exact) mass is 322 g/mol. The van der Waals surface area contributed by atoms with E-state index in [1.807, 2.05) is 0 Å². The van der Waals surface area contributed by atoms with Crippen LogP contribution in [0.1, 0.15) is 11.1 Å². The van der Waals surface area contributed by atoms with E-state index in [4.69, 9.17) is 4.74 Å². The van der Waals surface area contributed by atoms with Crippen molar-refractivity contribution in [1.82, 2.24) is 0 Å². The van der Waals surface area contributed by atoms with Gasteiger partial charge in [0.05, 0.1) is 11.1 Å². The van der Waals surface area contributed by atoms with Crippen LogP contribution >= 0.6 is 0 Å². The molecule has 0 fully saturated rings. The number of benzene rings is 2. The van der Waals surface area contributed by atoms with E-state index in [-0.39, 0.29) is 17.9 Å². The molecule has 0 spiro atoms. The van der Waals surface area contributed by atoms with Gasteiger partial charge in [-0.1, -0.05) is 12.1 Å². The third-order valence-electron chi connectivity index (χ3n) is 3.51. The predicted octanol–water partition coefficient (Wildman–Crippen LogP) is 4.49. The SMILES string of the molecule is O=CC1=Cc2c(F)cc(-c3ccc(C(F)(F)F)cc3)cc2OC1. The lowest BCUT2D eigenvalue weighted by atomic mass is 9.99. The molecule has 3 rings (SSSR count). The average molecular weight is 322 g/mol. The molecular formula is C17H10F4O2. The maximum absolute atomic E-state index is 14.2. The van der Waals surface area contributed by atoms with E-state index in [0.717, 1.165) is 12.1 Å². The van der Waals surface area contributed by atoms with Crippen molar-refractivity contribution in [2.75, 3.05) is 6.61 Å². The Hall–Kier alpha value is -2.63. The Morgan fingerprint density at radius 3 is 2.35 bits per heavy atom. The molecule has 0 saturated heterocycles. The van der Waals surface area contributed by atoms with Crippen LogP contribution < -0.4 is 4.74 Å². The second-order valence-electron chi connectivity index (χ2n) is 5.07. The zero-order chi connectivity index (χ0) is 16.6. The highest BCUT2D eigenvalue weighted by Crippen LogP contribution is 2.35. The minimum atomic E-state index is -4.42. The number of fused-ring (bicyclic) bond motifs is 1. The molecule has 1 aliphatic heterocycles. The zero-order valence-electron chi connectivity index (χ0n) is 11.7. The number of hydrogen-bond donors (Lipinski definition) is 0. The molecule has 2 aromatic carbocycles. The van der Waals surface area contributed by atoms with E-state index < -0.39 is 17.6 Å². The lowest BCUT2D eigenvalue weighted by Gasteiger charge is -2.17. The Labute approximate surface area is 129 Å². The van der Waals surface area contributed by atoms with Crippen molar-refractivity contribution in [1.29, 1.82) is 0 Å². The molecule has 0 aliphatic carbocycles. The van der Waals surface area contributed by atoms with Gasteiger partial charge in [0.1, 0.15) is 24.5 Å². The Balaban J connectivity index is 2.01. The van der Waals surface area contributed by atoms with Crippen molar-refractivity contribution < 1.29 is 27.1 Å². The maximum Gasteiger partial charge on any atom is 0.416 e. The largest absolute Gasteiger partial charge is 0.488 e. The molecule has 0 saturated carbocycles. The second-order valence-corrected chi connectivity index (χ2v) is 5.07. The van der Waals surface area contributed by atoms with Crippen LogP contribution in [0.2, 0.25) is 0 Å². The van der Waals surface area contributed by atoms with Gasteiger partial charge in [0, 0.05) is 5.57 Å². The van der Waals surface area contributed by atoms with Crippen LogP contribution in [-0.2, 0) is 11.0 Å². The molecule has 118 valence electrons. The third kappa shape index (κ3) is 2.97. The highest BCUT2D eigenvalue weighted by molar-refractivity contribution is 5.85. The van der Waals surface area contributed by atoms with Gasteiger partial charge in [0.15, 0.2) is 0 Å². The molecule has 0 atom stereocenters. The average Bonchev–Trinajstić information content (AvgIpc) is 2.54. The molecule has 0 unspecified atom stereocenters. The summed E-state index contributed by atoms with van der Waals surface area (Å²) in [6, 6.07) is 7.18. The van der Waals surface area contributed by atoms with E-state index in [9.17, 15) is 22.4 Å². The number of ether oxygens (including phenoxy) is 1. The van der Waals surface area contributed by atoms with Gasteiger partial charge in [-0.2, -0.15) is 13.2 Å². The van der Waals surface area contributed by atoms with Crippen molar-refractivity contribution in [2.24, 2.45) is 0 Å². The molecular weight excluding hydrogens is 312 g/mol. The fourth-order valence-electron chi connectivity index (χ4n) is 2.33. The topological polar surface area (TPSA) is 26.3 Å². The summed E-state index contributed by atoms with van der Waals surface area (Å²) in [7, 11) is 0. The number of hydrogen-bond acceptors (Lipinski definition) is 2. The molecule has 0 amide bonds. The van der Waals surface area contributed by atoms with Crippen LogP contribution in [-0.4, -0.2) is 12.9 Å². The van der Waals surface area contributed by atoms with Crippen LogP contribution in [0.4, 0.5) is 17.6 Å². The first-order valence-corrected chi connectivity index (χ1v) is 6.68. The summed E-state index contributed by atoms with van der Waals surface area (Å²) in [6.45, 7) is 0.0341. The van der Waals surface area contributed by atoms with Gasteiger partial charge in [-0.05, 0) is 41.5 Å². The first kappa shape index (κ1) is 15.3. The fourth-order valence-corrected chi connectivity index (χ4v) is 2.33. The van der Waals surface area contributed by atoms with Crippen LogP contribution in [0.3, 0.4) is 0 Å². The van der Waals surface area contributed by atoms with Crippen LogP contribution in [0.15, 0.2) is 42.0 Å². The molecule has 6 heteroatoms. The number of carbonyl (C=O) groups is 1. The summed E-state index contributed by atoms with van der Waals surface area (Å²) < 4.78 is 57.2. The maximum atomic E-state index is 14.2. The molecule has 0 aromatic heterocycles. The minimum Gasteiger partial charge on any atom is -0.488 e. The number of carbonyl (C=O) groups excluding carboxylic acids is 1. The van der Waals surface area contributed by atoms with Crippen LogP contribution in [0, 0.1) is 5.82 Å². The summed E-state index contributed by atoms with van der Waals surface area (Å²) in [5, 5.41) is 0. The lowest BCUT2D eigenvalue weighted by molar-refractivity contribution is -0.137. The molecule has 0 bridgehead atoms. The van der Waals surface area contributed by atoms with Gasteiger partial charge < -0.3 is 4.74 Å². The predicted molar refractivity (Wildman–Crippen MR) is 76.4 cm³/mol. The summed E-state index contributed by atoms with van der Waals surface area (Å²) in [5.74, 6) is -0.345. The Morgan fingerprint density at radius 2 is 1.74 bits per heavy atom. The molecule has 1 aliphatic rings. The number of aldehydes is 1. The summed E-state index contributed by atoms with van der Waals surface area (Å²) in [6.07, 6.45) is -2.43. The Morgan fingerprint density at radius 1 is 1.04 bits per heavy atom. The van der Waals surface area contributed by atoms with Gasteiger partial charge in [0.25, 0.3) is 0 Å². The van der Waals surface area contributed by atoms with Crippen molar-refractivity contribution >= 4 is 12.4 Å². The zero-order valence-corrected chi connectivity index (χ0v) is 11.7. The van der Waals surface area contributed by atoms with Crippen LogP contribution in [0.5, 0.6) is 5.75 Å². The van der Waals surface area contributed by atoms with Gasteiger partial charge >= 0.3 is 6.18 Å². The van der Waals surface area contributed by atoms with Gasteiger partial charge in [-0.25, -0.2) is 4.39 Å². The third-order valence-corrected chi connectivity index (χ3v) is 3.51. The number of alkyl halides is 3. The van der Waals surface area contributed by atoms with Crippen molar-refractivity contribution in [3.8, 4) is 16.9 Å². The molecule has 23 heavy (non-hydrogen) atoms. The summed E-state index contributed by atoms with van der Waals surface area (Å²) in [4.78, 5) is 10.7. The highest BCUT2D eigenvalue weighted by Gasteiger charge is 2.30. The van der Waals surface area contributed by atoms with E-state index in [2.05, 4.69) is 0 Å². The second kappa shape index (κ2) is 5.53. The van der Waals surface area contributed by atoms with Crippen LogP contribution in [0.25, 0.3) is 17.2 Å². The van der Waals surface area contributed by atoms with Gasteiger partial charge in [0.2, 0.25) is 0 Å². The van der Waals surface area contributed by atoms with Crippen molar-refractivity contribution in [3.05, 3.63) is 58.9 Å². The summed E-state index contributed by atoms with van der Waals surface area (Å²) in [5.41, 5.74) is 0.550. The highest BCUT2D eigenvalue weighted by atomic mass is 19.4. The quantitative estimate of drug-likeness (QED) is 0.602. The molecule has 0 radical (unpaired) electrons. The van der Waals surface area contributed by atoms with E-state index in [0.29, 0.717) is 23.0 Å². The standard InChI is InChI=1S/C17H10F4O2/c18-15-6-12(7-16-14(15)5-10(8-22)9-23-16)11-1-3-13(4-2-11)17(19,20)21/h1-8H,9H2. The van der Waals surface area contributed by atoms with Gasteiger partial charge in [-0.15, -0.1) is 0 Å². The first-order valence-electron chi connectivity index (χ1n) is 6.68. The lowest BCUT2D eigenvalue weighted by Crippen LogP contribution is -2.09. The van der Waals surface area contributed by atoms with E-state index >= 15 is 0 Å². The minimum absolute atomic E-state index is 0.0341. The molecule has 1 heterocycles. The first-order chi connectivity index (χ1) is 10.9. The number of rotatable bonds is 2. The Bertz CT molecular complexity index is 789. The van der Waals surface area contributed by atoms with E-state index in [1.165, 1.54) is 24.3 Å². The molecule has 2 nitrogen and oxygen atoms in total. The van der Waals surface area contributed by atoms with Crippen molar-refractivity contribution in [3.63, 3.8) is 0 Å². The molecule has 0 N–H and O–H groups in total. The summed E-state index contributed by atoms with van der Waals surface area (Å²) >= 11 is 0. The van der Waals surface area contributed by atoms with Crippen molar-refractivity contribution in [2.45, 2.75) is 6.18 Å². The Kier molecular flexibility index (Phi) is 3.67. The number of halogens is 4. The molecule has 2 aromatic rings. The normalized spacial score (nSPS) is 13.8. The fraction of sp³-hybridized carbons (Fsp3) is 0.118.